The molecular formula is C7H4N2O3. The van der Waals surface area contributed by atoms with Crippen LogP contribution in [0.2, 0.25) is 0 Å². The molecule has 2 rings (SSSR count). The summed E-state index contributed by atoms with van der Waals surface area (Å²) in [7, 11) is 0. The van der Waals surface area contributed by atoms with Crippen molar-refractivity contribution < 1.29 is 14.7 Å². The van der Waals surface area contributed by atoms with Crippen LogP contribution >= 0.6 is 0 Å². The summed E-state index contributed by atoms with van der Waals surface area (Å²) >= 11 is 0. The summed E-state index contributed by atoms with van der Waals surface area (Å²) in [4.78, 5) is 25.5. The van der Waals surface area contributed by atoms with Crippen molar-refractivity contribution >= 4 is 11.8 Å². The summed E-state index contributed by atoms with van der Waals surface area (Å²) in [5.41, 5.74) is -0.0532. The van der Waals surface area contributed by atoms with Crippen LogP contribution in [0, 0.1) is 0 Å². The minimum Gasteiger partial charge on any atom is -0.507 e. The average Bonchev–Trinajstić information content (AvgIpc) is 2.29. The fourth-order valence-corrected chi connectivity index (χ4v) is 1.07. The number of rotatable bonds is 0. The lowest BCUT2D eigenvalue weighted by atomic mass is 10.2. The molecule has 1 aliphatic rings. The summed E-state index contributed by atoms with van der Waals surface area (Å²) < 4.78 is 0. The van der Waals surface area contributed by atoms with Crippen molar-refractivity contribution in [1.82, 2.24) is 10.3 Å². The van der Waals surface area contributed by atoms with Gasteiger partial charge in [0.2, 0.25) is 0 Å². The lowest BCUT2D eigenvalue weighted by molar-refractivity contribution is 0.0877. The summed E-state index contributed by atoms with van der Waals surface area (Å²) in [5.74, 6) is -1.38. The Morgan fingerprint density at radius 3 is 2.75 bits per heavy atom. The highest BCUT2D eigenvalue weighted by molar-refractivity contribution is 6.21. The van der Waals surface area contributed by atoms with Crippen LogP contribution < -0.4 is 5.32 Å². The largest absolute Gasteiger partial charge is 0.507 e. The van der Waals surface area contributed by atoms with Crippen molar-refractivity contribution in [1.29, 1.82) is 0 Å². The topological polar surface area (TPSA) is 79.3 Å². The molecule has 5 heteroatoms. The Labute approximate surface area is 67.0 Å². The standard InChI is InChI=1S/C7H4N2O3/c10-3-1-2-8-5-4(3)6(11)9-7(5)12/h1-2H,(H,8,10)(H,9,11,12). The van der Waals surface area contributed by atoms with E-state index in [1.165, 1.54) is 12.3 Å². The number of hydrogen-bond donors (Lipinski definition) is 2. The van der Waals surface area contributed by atoms with Crippen LogP contribution in [0.1, 0.15) is 20.8 Å². The number of carbonyl (C=O) groups is 2. The van der Waals surface area contributed by atoms with Gasteiger partial charge in [0.25, 0.3) is 11.8 Å². The molecule has 1 aromatic heterocycles. The highest BCUT2D eigenvalue weighted by atomic mass is 16.3. The molecule has 0 spiro atoms. The van der Waals surface area contributed by atoms with Gasteiger partial charge in [0.15, 0.2) is 0 Å². The molecule has 0 saturated heterocycles. The molecule has 5 nitrogen and oxygen atoms in total. The van der Waals surface area contributed by atoms with E-state index in [0.717, 1.165) is 0 Å². The van der Waals surface area contributed by atoms with E-state index in [2.05, 4.69) is 4.98 Å². The van der Waals surface area contributed by atoms with Crippen LogP contribution in [0.4, 0.5) is 0 Å². The van der Waals surface area contributed by atoms with E-state index < -0.39 is 11.8 Å². The quantitative estimate of drug-likeness (QED) is 0.514. The van der Waals surface area contributed by atoms with E-state index in [0.29, 0.717) is 0 Å². The van der Waals surface area contributed by atoms with Crippen LogP contribution in [0.5, 0.6) is 5.75 Å². The predicted molar refractivity (Wildman–Crippen MR) is 37.7 cm³/mol. The van der Waals surface area contributed by atoms with Crippen molar-refractivity contribution in [3.05, 3.63) is 23.5 Å². The molecule has 0 fully saturated rings. The number of imide groups is 1. The van der Waals surface area contributed by atoms with Crippen molar-refractivity contribution in [3.8, 4) is 5.75 Å². The zero-order valence-electron chi connectivity index (χ0n) is 5.87. The maximum Gasteiger partial charge on any atom is 0.277 e. The van der Waals surface area contributed by atoms with Crippen molar-refractivity contribution in [2.75, 3.05) is 0 Å². The molecule has 0 bridgehead atoms. The number of aromatic nitrogens is 1. The van der Waals surface area contributed by atoms with Crippen molar-refractivity contribution in [2.24, 2.45) is 0 Å². The first-order valence-corrected chi connectivity index (χ1v) is 3.24. The fraction of sp³-hybridized carbons (Fsp3) is 0. The fourth-order valence-electron chi connectivity index (χ4n) is 1.07. The molecule has 2 heterocycles. The van der Waals surface area contributed by atoms with Gasteiger partial charge >= 0.3 is 0 Å². The third-order valence-electron chi connectivity index (χ3n) is 1.60. The molecule has 1 aromatic rings. The van der Waals surface area contributed by atoms with Crippen molar-refractivity contribution in [3.63, 3.8) is 0 Å². The van der Waals surface area contributed by atoms with Crippen LogP contribution in [0.3, 0.4) is 0 Å². The number of fused-ring (bicyclic) bond motifs is 1. The SMILES string of the molecule is O=C1NC(=O)c2c(O)ccnc21. The van der Waals surface area contributed by atoms with Gasteiger partial charge < -0.3 is 5.11 Å². The number of carbonyl (C=O) groups excluding carboxylic acids is 2. The van der Waals surface area contributed by atoms with Crippen LogP contribution in [0.25, 0.3) is 0 Å². The lowest BCUT2D eigenvalue weighted by Crippen LogP contribution is -2.20. The Bertz CT molecular complexity index is 386. The predicted octanol–water partition coefficient (Wildman–Crippen LogP) is -0.329. The van der Waals surface area contributed by atoms with E-state index >= 15 is 0 Å². The molecule has 1 aliphatic heterocycles. The van der Waals surface area contributed by atoms with Crippen LogP contribution in [-0.4, -0.2) is 21.9 Å². The Kier molecular flexibility index (Phi) is 1.15. The Morgan fingerprint density at radius 2 is 2.08 bits per heavy atom. The van der Waals surface area contributed by atoms with Crippen molar-refractivity contribution in [2.45, 2.75) is 0 Å². The maximum atomic E-state index is 11.0. The second-order valence-electron chi connectivity index (χ2n) is 2.34. The van der Waals surface area contributed by atoms with Gasteiger partial charge in [0, 0.05) is 6.20 Å². The van der Waals surface area contributed by atoms with Gasteiger partial charge in [-0.2, -0.15) is 0 Å². The summed E-state index contributed by atoms with van der Waals surface area (Å²) in [6.07, 6.45) is 1.27. The highest BCUT2D eigenvalue weighted by Gasteiger charge is 2.30. The zero-order chi connectivity index (χ0) is 8.72. The highest BCUT2D eigenvalue weighted by Crippen LogP contribution is 2.22. The van der Waals surface area contributed by atoms with Gasteiger partial charge in [0.05, 0.1) is 0 Å². The molecule has 2 amide bonds. The lowest BCUT2D eigenvalue weighted by Gasteiger charge is -1.94. The number of hydrogen-bond acceptors (Lipinski definition) is 4. The molecular weight excluding hydrogens is 160 g/mol. The molecule has 0 saturated carbocycles. The maximum absolute atomic E-state index is 11.0. The normalized spacial score (nSPS) is 14.3. The number of nitrogens with one attached hydrogen (secondary N) is 1. The first-order valence-electron chi connectivity index (χ1n) is 3.24. The van der Waals surface area contributed by atoms with Gasteiger partial charge in [0.1, 0.15) is 17.0 Å². The third kappa shape index (κ3) is 0.701. The molecule has 2 N–H and O–H groups in total. The summed E-state index contributed by atoms with van der Waals surface area (Å²) in [5, 5.41) is 11.2. The zero-order valence-corrected chi connectivity index (χ0v) is 5.87. The second-order valence-corrected chi connectivity index (χ2v) is 2.34. The minimum absolute atomic E-state index is 0.0139. The first-order chi connectivity index (χ1) is 5.70. The molecule has 0 aliphatic carbocycles. The first kappa shape index (κ1) is 6.78. The van der Waals surface area contributed by atoms with Crippen LogP contribution in [0.15, 0.2) is 12.3 Å². The van der Waals surface area contributed by atoms with Gasteiger partial charge in [-0.1, -0.05) is 0 Å². The average molecular weight is 164 g/mol. The Balaban J connectivity index is 2.75. The minimum atomic E-state index is -0.597. The molecule has 0 radical (unpaired) electrons. The Hall–Kier alpha value is -1.91. The second kappa shape index (κ2) is 2.04. The molecule has 60 valence electrons. The number of aromatic hydroxyl groups is 1. The van der Waals surface area contributed by atoms with E-state index in [1.54, 1.807) is 0 Å². The smallest absolute Gasteiger partial charge is 0.277 e. The summed E-state index contributed by atoms with van der Waals surface area (Å²) in [6, 6.07) is 1.26. The van der Waals surface area contributed by atoms with Gasteiger partial charge in [-0.3, -0.25) is 14.9 Å². The monoisotopic (exact) mass is 164 g/mol. The van der Waals surface area contributed by atoms with E-state index in [1.807, 2.05) is 5.32 Å². The number of pyridine rings is 1. The summed E-state index contributed by atoms with van der Waals surface area (Å²) in [6.45, 7) is 0. The van der Waals surface area contributed by atoms with Crippen LogP contribution in [-0.2, 0) is 0 Å². The van der Waals surface area contributed by atoms with Gasteiger partial charge in [-0.05, 0) is 6.07 Å². The van der Waals surface area contributed by atoms with E-state index in [-0.39, 0.29) is 17.0 Å². The molecule has 0 atom stereocenters. The molecule has 0 unspecified atom stereocenters. The molecule has 0 aromatic carbocycles. The van der Waals surface area contributed by atoms with E-state index in [9.17, 15) is 9.59 Å². The molecule has 12 heavy (non-hydrogen) atoms. The van der Waals surface area contributed by atoms with Gasteiger partial charge in [-0.25, -0.2) is 4.98 Å². The third-order valence-corrected chi connectivity index (χ3v) is 1.60. The Morgan fingerprint density at radius 1 is 1.33 bits per heavy atom. The van der Waals surface area contributed by atoms with Gasteiger partial charge in [-0.15, -0.1) is 0 Å². The number of amides is 2. The number of nitrogens with zero attached hydrogens (tertiary/aromatic N) is 1. The van der Waals surface area contributed by atoms with E-state index in [4.69, 9.17) is 5.11 Å².